The molecule has 5 heterocycles. The van der Waals surface area contributed by atoms with Crippen LogP contribution in [0.15, 0.2) is 61.4 Å². The molecule has 6 nitrogen and oxygen atoms in total. The van der Waals surface area contributed by atoms with Crippen molar-refractivity contribution < 1.29 is 22.7 Å². The van der Waals surface area contributed by atoms with E-state index in [0.29, 0.717) is 23.8 Å². The van der Waals surface area contributed by atoms with E-state index in [1.165, 1.54) is 0 Å². The van der Waals surface area contributed by atoms with Gasteiger partial charge in [-0.25, -0.2) is 0 Å². The average molecular weight is 497 g/mol. The third-order valence-electron chi connectivity index (χ3n) is 7.47. The molecule has 2 aromatic heterocycles. The van der Waals surface area contributed by atoms with Gasteiger partial charge < -0.3 is 10.1 Å². The van der Waals surface area contributed by atoms with E-state index in [4.69, 9.17) is 4.74 Å². The van der Waals surface area contributed by atoms with Crippen LogP contribution >= 0.6 is 0 Å². The van der Waals surface area contributed by atoms with E-state index in [9.17, 15) is 18.0 Å². The maximum atomic E-state index is 13.3. The lowest BCUT2D eigenvalue weighted by molar-refractivity contribution is -0.137. The first-order chi connectivity index (χ1) is 17.3. The first-order valence-corrected chi connectivity index (χ1v) is 11.9. The predicted molar refractivity (Wildman–Crippen MR) is 130 cm³/mol. The Morgan fingerprint density at radius 2 is 2.08 bits per heavy atom. The van der Waals surface area contributed by atoms with E-state index < -0.39 is 23.7 Å². The largest absolute Gasteiger partial charge is 0.497 e. The van der Waals surface area contributed by atoms with E-state index in [1.807, 2.05) is 30.3 Å². The number of hydrogen-bond donors (Lipinski definition) is 1. The van der Waals surface area contributed by atoms with E-state index in [-0.39, 0.29) is 11.7 Å². The molecular formula is C27H27F3N4O2. The van der Waals surface area contributed by atoms with E-state index >= 15 is 0 Å². The molecule has 3 aliphatic heterocycles. The van der Waals surface area contributed by atoms with Gasteiger partial charge in [0, 0.05) is 30.4 Å². The van der Waals surface area contributed by atoms with Gasteiger partial charge in [-0.05, 0) is 73.2 Å². The zero-order valence-electron chi connectivity index (χ0n) is 19.8. The number of rotatable bonds is 6. The summed E-state index contributed by atoms with van der Waals surface area (Å²) in [6, 6.07) is 9.07. The van der Waals surface area contributed by atoms with Gasteiger partial charge in [0.05, 0.1) is 24.2 Å². The lowest BCUT2D eigenvalue weighted by atomic mass is 9.73. The van der Waals surface area contributed by atoms with Gasteiger partial charge in [-0.2, -0.15) is 13.2 Å². The van der Waals surface area contributed by atoms with Gasteiger partial charge >= 0.3 is 6.18 Å². The van der Waals surface area contributed by atoms with Crippen molar-refractivity contribution in [2.24, 2.45) is 11.8 Å². The van der Waals surface area contributed by atoms with Crippen molar-refractivity contribution in [1.82, 2.24) is 20.2 Å². The second kappa shape index (κ2) is 9.54. The van der Waals surface area contributed by atoms with Crippen molar-refractivity contribution in [3.63, 3.8) is 0 Å². The Balaban J connectivity index is 1.53. The highest BCUT2D eigenvalue weighted by Gasteiger charge is 2.43. The van der Waals surface area contributed by atoms with Crippen LogP contribution in [0.4, 0.5) is 13.2 Å². The van der Waals surface area contributed by atoms with Crippen molar-refractivity contribution in [3.8, 4) is 5.75 Å². The summed E-state index contributed by atoms with van der Waals surface area (Å²) in [5, 5.41) is 3.96. The first-order valence-electron chi connectivity index (χ1n) is 11.9. The summed E-state index contributed by atoms with van der Waals surface area (Å²) in [6.45, 7) is 5.77. The predicted octanol–water partition coefficient (Wildman–Crippen LogP) is 5.02. The topological polar surface area (TPSA) is 67.4 Å². The highest BCUT2D eigenvalue weighted by atomic mass is 19.4. The highest BCUT2D eigenvalue weighted by Crippen LogP contribution is 2.42. The number of halogens is 3. The normalized spacial score (nSPS) is 24.3. The van der Waals surface area contributed by atoms with Gasteiger partial charge in [0.25, 0.3) is 5.91 Å². The molecule has 36 heavy (non-hydrogen) atoms. The number of benzene rings is 1. The Hall–Kier alpha value is -3.46. The molecule has 3 aliphatic rings. The molecule has 1 amide bonds. The number of carbonyl (C=O) groups excluding carboxylic acids is 1. The minimum Gasteiger partial charge on any atom is -0.497 e. The number of pyridine rings is 2. The summed E-state index contributed by atoms with van der Waals surface area (Å²) in [6.07, 6.45) is 1.84. The standard InChI is InChI=1S/C27H27F3N4O2/c1-3-16-15-34-11-9-17(16)12-24(34)25(20-8-10-31-22-7-5-19(36-2)13-21(20)22)33-26(35)23-6-4-18(14-32-23)27(28,29)30/h3-8,10,13-14,16-17,24-25H,1,9,11-12,15H2,2H3,(H,33,35)/t16?,17?,24?,25-/m0/s1. The number of carbonyl (C=O) groups is 1. The monoisotopic (exact) mass is 496 g/mol. The molecule has 6 rings (SSSR count). The van der Waals surface area contributed by atoms with Crippen molar-refractivity contribution in [1.29, 1.82) is 0 Å². The second-order valence-electron chi connectivity index (χ2n) is 9.41. The molecule has 0 spiro atoms. The SMILES string of the molecule is C=CC1CN2CCC1CC2[C@@H](NC(=O)c1ccc(C(F)(F)F)cn1)c1ccnc2ccc(OC)cc12. The number of aromatic nitrogens is 2. The Kier molecular flexibility index (Phi) is 6.42. The summed E-state index contributed by atoms with van der Waals surface area (Å²) in [5.41, 5.74) is 0.685. The molecule has 188 valence electrons. The fourth-order valence-electron chi connectivity index (χ4n) is 5.56. The van der Waals surface area contributed by atoms with Crippen LogP contribution in [0.25, 0.3) is 10.9 Å². The lowest BCUT2D eigenvalue weighted by Gasteiger charge is -2.51. The van der Waals surface area contributed by atoms with Gasteiger partial charge in [-0.3, -0.25) is 19.7 Å². The first kappa shape index (κ1) is 24.2. The van der Waals surface area contributed by atoms with Crippen LogP contribution < -0.4 is 10.1 Å². The number of ether oxygens (including phenoxy) is 1. The van der Waals surface area contributed by atoms with Crippen LogP contribution in [-0.2, 0) is 6.18 Å². The van der Waals surface area contributed by atoms with Crippen LogP contribution in [0.1, 0.15) is 40.5 Å². The number of nitrogens with zero attached hydrogens (tertiary/aromatic N) is 3. The fraction of sp³-hybridized carbons (Fsp3) is 0.370. The molecule has 4 unspecified atom stereocenters. The Bertz CT molecular complexity index is 1280. The van der Waals surface area contributed by atoms with Crippen molar-refractivity contribution in [2.75, 3.05) is 20.2 Å². The molecule has 0 aliphatic carbocycles. The molecule has 0 saturated carbocycles. The Labute approximate surface area is 207 Å². The molecule has 2 bridgehead atoms. The number of nitrogens with one attached hydrogen (secondary N) is 1. The number of methoxy groups -OCH3 is 1. The van der Waals surface area contributed by atoms with Crippen LogP contribution in [0.3, 0.4) is 0 Å². The molecule has 5 atom stereocenters. The quantitative estimate of drug-likeness (QED) is 0.485. The molecular weight excluding hydrogens is 469 g/mol. The summed E-state index contributed by atoms with van der Waals surface area (Å²) in [4.78, 5) is 23.9. The van der Waals surface area contributed by atoms with Gasteiger partial charge in [-0.1, -0.05) is 6.08 Å². The van der Waals surface area contributed by atoms with E-state index in [1.54, 1.807) is 13.3 Å². The zero-order valence-corrected chi connectivity index (χ0v) is 19.8. The van der Waals surface area contributed by atoms with Gasteiger partial charge in [0.15, 0.2) is 0 Å². The molecule has 1 N–H and O–H groups in total. The van der Waals surface area contributed by atoms with Crippen LogP contribution in [0, 0.1) is 11.8 Å². The minimum absolute atomic E-state index is 0.00940. The lowest BCUT2D eigenvalue weighted by Crippen LogP contribution is -2.57. The third-order valence-corrected chi connectivity index (χ3v) is 7.47. The zero-order chi connectivity index (χ0) is 25.4. The number of hydrogen-bond acceptors (Lipinski definition) is 5. The van der Waals surface area contributed by atoms with Gasteiger partial charge in [-0.15, -0.1) is 6.58 Å². The smallest absolute Gasteiger partial charge is 0.417 e. The van der Waals surface area contributed by atoms with Crippen LogP contribution in [-0.4, -0.2) is 47.0 Å². The summed E-state index contributed by atoms with van der Waals surface area (Å²) < 4.78 is 44.4. The van der Waals surface area contributed by atoms with E-state index in [0.717, 1.165) is 54.5 Å². The number of alkyl halides is 3. The Morgan fingerprint density at radius 1 is 1.25 bits per heavy atom. The molecule has 9 heteroatoms. The minimum atomic E-state index is -4.52. The summed E-state index contributed by atoms with van der Waals surface area (Å²) in [7, 11) is 1.59. The van der Waals surface area contributed by atoms with Crippen LogP contribution in [0.5, 0.6) is 5.75 Å². The second-order valence-corrected chi connectivity index (χ2v) is 9.41. The maximum Gasteiger partial charge on any atom is 0.417 e. The fourth-order valence-corrected chi connectivity index (χ4v) is 5.56. The van der Waals surface area contributed by atoms with Crippen LogP contribution in [0.2, 0.25) is 0 Å². The molecule has 1 aromatic carbocycles. The molecule has 3 saturated heterocycles. The number of amides is 1. The van der Waals surface area contributed by atoms with Crippen molar-refractivity contribution in [3.05, 3.63) is 78.3 Å². The molecule has 3 fully saturated rings. The highest BCUT2D eigenvalue weighted by molar-refractivity contribution is 5.93. The summed E-state index contributed by atoms with van der Waals surface area (Å²) >= 11 is 0. The summed E-state index contributed by atoms with van der Waals surface area (Å²) in [5.74, 6) is 1.01. The van der Waals surface area contributed by atoms with Gasteiger partial charge in [0.2, 0.25) is 0 Å². The van der Waals surface area contributed by atoms with Gasteiger partial charge in [0.1, 0.15) is 11.4 Å². The molecule has 3 aromatic rings. The third kappa shape index (κ3) is 4.55. The van der Waals surface area contributed by atoms with Crippen molar-refractivity contribution in [2.45, 2.75) is 31.1 Å². The number of piperidine rings is 3. The molecule has 0 radical (unpaired) electrons. The number of fused-ring (bicyclic) bond motifs is 4. The maximum absolute atomic E-state index is 13.3. The average Bonchev–Trinajstić information content (AvgIpc) is 2.90. The van der Waals surface area contributed by atoms with Crippen molar-refractivity contribution >= 4 is 16.8 Å². The Morgan fingerprint density at radius 3 is 2.72 bits per heavy atom. The van der Waals surface area contributed by atoms with E-state index in [2.05, 4.69) is 26.8 Å².